The van der Waals surface area contributed by atoms with Gasteiger partial charge in [-0.3, -0.25) is 16.5 Å². The number of hydrazine groups is 1. The van der Waals surface area contributed by atoms with Crippen LogP contribution in [0.25, 0.3) is 0 Å². The summed E-state index contributed by atoms with van der Waals surface area (Å²) in [6, 6.07) is 2.00. The lowest BCUT2D eigenvalue weighted by molar-refractivity contribution is -0.0814. The van der Waals surface area contributed by atoms with Crippen LogP contribution in [0.15, 0.2) is 18.5 Å². The van der Waals surface area contributed by atoms with Crippen LogP contribution in [0.1, 0.15) is 20.3 Å². The van der Waals surface area contributed by atoms with Crippen LogP contribution >= 0.6 is 0 Å². The molecule has 0 bridgehead atoms. The van der Waals surface area contributed by atoms with E-state index in [9.17, 15) is 0 Å². The van der Waals surface area contributed by atoms with Crippen molar-refractivity contribution < 1.29 is 0 Å². The van der Waals surface area contributed by atoms with Gasteiger partial charge in [-0.05, 0) is 51.2 Å². The van der Waals surface area contributed by atoms with Crippen molar-refractivity contribution in [3.63, 3.8) is 0 Å². The Hall–Kier alpha value is -1.23. The molecule has 1 aromatic rings. The van der Waals surface area contributed by atoms with Gasteiger partial charge in [-0.25, -0.2) is 5.01 Å². The zero-order chi connectivity index (χ0) is 19.2. The van der Waals surface area contributed by atoms with E-state index in [1.54, 1.807) is 18.5 Å². The van der Waals surface area contributed by atoms with E-state index >= 15 is 0 Å². The number of likely N-dealkylation sites (N-methyl/N-ethyl adjacent to an activating group) is 2. The predicted octanol–water partition coefficient (Wildman–Crippen LogP) is -0.746. The zero-order valence-corrected chi connectivity index (χ0v) is 16.6. The summed E-state index contributed by atoms with van der Waals surface area (Å²) < 4.78 is 0. The fraction of sp³-hybridized carbons (Fsp3) is 0.824. The third-order valence-electron chi connectivity index (χ3n) is 5.49. The molecule has 148 valence electrons. The zero-order valence-electron chi connectivity index (χ0n) is 16.6. The molecule has 2 aliphatic heterocycles. The molecule has 9 heteroatoms. The highest BCUT2D eigenvalue weighted by Crippen LogP contribution is 2.25. The molecule has 0 spiro atoms. The number of hydrogen-bond acceptors (Lipinski definition) is 9. The van der Waals surface area contributed by atoms with Crippen molar-refractivity contribution in [3.8, 4) is 0 Å². The molecule has 0 aliphatic carbocycles. The summed E-state index contributed by atoms with van der Waals surface area (Å²) in [5.74, 6) is 6.41. The van der Waals surface area contributed by atoms with Crippen LogP contribution in [-0.2, 0) is 0 Å². The van der Waals surface area contributed by atoms with E-state index in [4.69, 9.17) is 11.6 Å². The van der Waals surface area contributed by atoms with Gasteiger partial charge in [-0.15, -0.1) is 10.2 Å². The smallest absolute Gasteiger partial charge is 0.151 e. The maximum Gasteiger partial charge on any atom is 0.151 e. The van der Waals surface area contributed by atoms with Crippen molar-refractivity contribution >= 4 is 0 Å². The van der Waals surface area contributed by atoms with Crippen molar-refractivity contribution in [2.24, 2.45) is 17.5 Å². The Labute approximate surface area is 157 Å². The molecule has 2 fully saturated rings. The predicted molar refractivity (Wildman–Crippen MR) is 103 cm³/mol. The van der Waals surface area contributed by atoms with Gasteiger partial charge in [0.15, 0.2) is 5.79 Å². The van der Waals surface area contributed by atoms with E-state index in [1.807, 2.05) is 5.01 Å². The summed E-state index contributed by atoms with van der Waals surface area (Å²) in [5.41, 5.74) is 6.80. The highest BCUT2D eigenvalue weighted by Gasteiger charge is 2.44. The number of nitrogens with zero attached hydrogens (tertiary/aromatic N) is 7. The second kappa shape index (κ2) is 9.63. The molecule has 0 amide bonds. The first kappa shape index (κ1) is 21.1. The standard InChI is InChI=1S/C14H32N6.C3H3N3/c1-12-10-18(4)11-14(15,20(16)13(12)2)19-7-5-6-17(3)8-9-19;1-2-4-6-5-3-1/h12-13H,5-11,15-16H2,1-4H3;1-3H. The first-order valence-electron chi connectivity index (χ1n) is 9.38. The Morgan fingerprint density at radius 3 is 2.27 bits per heavy atom. The Balaban J connectivity index is 0.000000342. The van der Waals surface area contributed by atoms with Crippen LogP contribution < -0.4 is 11.6 Å². The van der Waals surface area contributed by atoms with Crippen LogP contribution in [0.5, 0.6) is 0 Å². The van der Waals surface area contributed by atoms with Crippen molar-refractivity contribution in [3.05, 3.63) is 18.5 Å². The lowest BCUT2D eigenvalue weighted by Gasteiger charge is -2.48. The maximum atomic E-state index is 6.80. The van der Waals surface area contributed by atoms with Crippen molar-refractivity contribution in [2.75, 3.05) is 53.4 Å². The van der Waals surface area contributed by atoms with Crippen molar-refractivity contribution in [1.29, 1.82) is 0 Å². The minimum Gasteiger partial charge on any atom is -0.305 e. The quantitative estimate of drug-likeness (QED) is 0.622. The lowest BCUT2D eigenvalue weighted by atomic mass is 10.0. The molecule has 3 rings (SSSR count). The monoisotopic (exact) mass is 365 g/mol. The maximum absolute atomic E-state index is 6.80. The molecule has 0 radical (unpaired) electrons. The Morgan fingerprint density at radius 1 is 1.00 bits per heavy atom. The van der Waals surface area contributed by atoms with E-state index in [0.29, 0.717) is 5.92 Å². The Morgan fingerprint density at radius 2 is 1.69 bits per heavy atom. The molecule has 3 unspecified atom stereocenters. The molecule has 4 N–H and O–H groups in total. The summed E-state index contributed by atoms with van der Waals surface area (Å²) in [7, 11) is 4.32. The average molecular weight is 366 g/mol. The molecule has 1 aromatic heterocycles. The lowest BCUT2D eigenvalue weighted by Crippen LogP contribution is -2.74. The summed E-state index contributed by atoms with van der Waals surface area (Å²) in [4.78, 5) is 7.07. The van der Waals surface area contributed by atoms with Crippen LogP contribution in [0.3, 0.4) is 0 Å². The fourth-order valence-corrected chi connectivity index (χ4v) is 3.72. The summed E-state index contributed by atoms with van der Waals surface area (Å²) in [5, 5.41) is 12.0. The first-order valence-corrected chi connectivity index (χ1v) is 9.38. The second-order valence-electron chi connectivity index (χ2n) is 7.66. The molecule has 3 atom stereocenters. The third-order valence-corrected chi connectivity index (χ3v) is 5.49. The van der Waals surface area contributed by atoms with E-state index in [0.717, 1.165) is 45.7 Å². The molecule has 2 aliphatic rings. The molecule has 0 saturated carbocycles. The fourth-order valence-electron chi connectivity index (χ4n) is 3.72. The molecule has 0 aromatic carbocycles. The van der Waals surface area contributed by atoms with E-state index in [1.165, 1.54) is 0 Å². The van der Waals surface area contributed by atoms with Crippen molar-refractivity contribution in [2.45, 2.75) is 32.1 Å². The Kier molecular flexibility index (Phi) is 7.81. The van der Waals surface area contributed by atoms with Gasteiger partial charge in [0.1, 0.15) is 0 Å². The first-order chi connectivity index (χ1) is 12.3. The highest BCUT2D eigenvalue weighted by atomic mass is 15.6. The minimum absolute atomic E-state index is 0.283. The molecular weight excluding hydrogens is 330 g/mol. The van der Waals surface area contributed by atoms with Crippen LogP contribution in [-0.4, -0.2) is 100 Å². The minimum atomic E-state index is -0.565. The number of nitrogens with two attached hydrogens (primary N) is 2. The topological polar surface area (TPSA) is 104 Å². The SMILES string of the molecule is CC1CN(C)CC(N)(N2CCCN(C)CC2)N(N)C1C.c1cnnnc1. The molecule has 9 nitrogen and oxygen atoms in total. The van der Waals surface area contributed by atoms with Gasteiger partial charge in [0.05, 0.1) is 12.4 Å². The molecule has 26 heavy (non-hydrogen) atoms. The third kappa shape index (κ3) is 5.38. The largest absolute Gasteiger partial charge is 0.305 e. The molecular formula is C17H35N9. The molecule has 3 heterocycles. The number of aromatic nitrogens is 3. The Bertz CT molecular complexity index is 490. The van der Waals surface area contributed by atoms with Crippen LogP contribution in [0, 0.1) is 5.92 Å². The van der Waals surface area contributed by atoms with Gasteiger partial charge in [0.25, 0.3) is 0 Å². The van der Waals surface area contributed by atoms with Crippen LogP contribution in [0.4, 0.5) is 0 Å². The van der Waals surface area contributed by atoms with Gasteiger partial charge >= 0.3 is 0 Å². The molecule has 2 saturated heterocycles. The van der Waals surface area contributed by atoms with Gasteiger partial charge in [0, 0.05) is 38.8 Å². The van der Waals surface area contributed by atoms with Gasteiger partial charge in [-0.2, -0.15) is 0 Å². The number of rotatable bonds is 1. The summed E-state index contributed by atoms with van der Waals surface area (Å²) in [6.45, 7) is 10.5. The van der Waals surface area contributed by atoms with Crippen LogP contribution in [0.2, 0.25) is 0 Å². The van der Waals surface area contributed by atoms with E-state index < -0.39 is 5.79 Å². The van der Waals surface area contributed by atoms with Gasteiger partial charge in [-0.1, -0.05) is 6.92 Å². The summed E-state index contributed by atoms with van der Waals surface area (Å²) >= 11 is 0. The average Bonchev–Trinajstić information content (AvgIpc) is 2.90. The van der Waals surface area contributed by atoms with E-state index in [2.05, 4.69) is 58.1 Å². The normalized spacial score (nSPS) is 33.0. The van der Waals surface area contributed by atoms with E-state index in [-0.39, 0.29) is 6.04 Å². The van der Waals surface area contributed by atoms with Crippen molar-refractivity contribution in [1.82, 2.24) is 35.1 Å². The van der Waals surface area contributed by atoms with Gasteiger partial charge < -0.3 is 9.80 Å². The van der Waals surface area contributed by atoms with Gasteiger partial charge in [0.2, 0.25) is 0 Å². The number of hydrogen-bond donors (Lipinski definition) is 2. The highest BCUT2D eigenvalue weighted by molar-refractivity contribution is 4.93. The second-order valence-corrected chi connectivity index (χ2v) is 7.66. The summed E-state index contributed by atoms with van der Waals surface area (Å²) in [6.07, 6.45) is 4.30.